The highest BCUT2D eigenvalue weighted by atomic mass is 19.1. The van der Waals surface area contributed by atoms with Crippen molar-refractivity contribution < 1.29 is 28.9 Å². The van der Waals surface area contributed by atoms with E-state index in [1.54, 1.807) is 24.1 Å². The molecule has 1 saturated heterocycles. The molecule has 1 unspecified atom stereocenters. The molecule has 2 aromatic rings. The molecular formula is C30H42FN3O5. The van der Waals surface area contributed by atoms with Gasteiger partial charge in [0.1, 0.15) is 5.82 Å². The number of piperidine rings is 1. The summed E-state index contributed by atoms with van der Waals surface area (Å²) in [5, 5.41) is 28.2. The number of rotatable bonds is 12. The molecule has 0 saturated carbocycles. The zero-order valence-electron chi connectivity index (χ0n) is 23.2. The zero-order valence-corrected chi connectivity index (χ0v) is 23.2. The van der Waals surface area contributed by atoms with Crippen LogP contribution in [0.5, 0.6) is 0 Å². The van der Waals surface area contributed by atoms with Gasteiger partial charge in [0.2, 0.25) is 5.91 Å². The number of nitrogens with one attached hydrogen (secondary N) is 2. The van der Waals surface area contributed by atoms with Gasteiger partial charge in [-0.05, 0) is 61.9 Å². The molecule has 1 fully saturated rings. The van der Waals surface area contributed by atoms with Crippen molar-refractivity contribution >= 4 is 12.0 Å². The average molecular weight is 544 g/mol. The van der Waals surface area contributed by atoms with E-state index >= 15 is 4.39 Å². The number of likely N-dealkylation sites (tertiary alicyclic amines) is 1. The fraction of sp³-hybridized carbons (Fsp3) is 0.533. The lowest BCUT2D eigenvalue weighted by molar-refractivity contribution is -0.138. The Morgan fingerprint density at radius 3 is 2.74 bits per heavy atom. The number of ether oxygens (including phenoxy) is 1. The van der Waals surface area contributed by atoms with Crippen molar-refractivity contribution in [2.75, 3.05) is 40.3 Å². The van der Waals surface area contributed by atoms with Crippen LogP contribution in [0.15, 0.2) is 42.5 Å². The summed E-state index contributed by atoms with van der Waals surface area (Å²) >= 11 is 0. The van der Waals surface area contributed by atoms with Gasteiger partial charge in [-0.25, -0.2) is 9.18 Å². The molecule has 1 aliphatic rings. The van der Waals surface area contributed by atoms with Gasteiger partial charge in [-0.15, -0.1) is 0 Å². The molecule has 214 valence electrons. The molecule has 0 aromatic heterocycles. The number of methoxy groups -OCH3 is 1. The zero-order chi connectivity index (χ0) is 28.4. The molecule has 1 aliphatic heterocycles. The number of amides is 2. The van der Waals surface area contributed by atoms with Gasteiger partial charge in [0.05, 0.1) is 25.2 Å². The summed E-state index contributed by atoms with van der Waals surface area (Å²) in [6.07, 6.45) is 1.41. The second kappa shape index (κ2) is 14.4. The Labute approximate surface area is 230 Å². The van der Waals surface area contributed by atoms with Gasteiger partial charge >= 0.3 is 6.09 Å². The number of aliphatic hydroxyl groups excluding tert-OH is 1. The predicted molar refractivity (Wildman–Crippen MR) is 149 cm³/mol. The molecule has 3 atom stereocenters. The van der Waals surface area contributed by atoms with Crippen LogP contribution < -0.4 is 10.6 Å². The van der Waals surface area contributed by atoms with Crippen LogP contribution in [0.2, 0.25) is 0 Å². The number of hydrogen-bond donors (Lipinski definition) is 4. The lowest BCUT2D eigenvalue weighted by Crippen LogP contribution is -2.49. The third-order valence-corrected chi connectivity index (χ3v) is 7.59. The first-order valence-electron chi connectivity index (χ1n) is 13.8. The van der Waals surface area contributed by atoms with E-state index in [1.165, 1.54) is 13.2 Å². The van der Waals surface area contributed by atoms with Crippen molar-refractivity contribution in [2.45, 2.75) is 57.2 Å². The van der Waals surface area contributed by atoms with E-state index in [4.69, 9.17) is 0 Å². The summed E-state index contributed by atoms with van der Waals surface area (Å²) in [6.45, 7) is 3.44. The molecule has 0 radical (unpaired) electrons. The van der Waals surface area contributed by atoms with Gasteiger partial charge in [0.25, 0.3) is 0 Å². The minimum absolute atomic E-state index is 0.00986. The maximum atomic E-state index is 15.5. The van der Waals surface area contributed by atoms with Crippen LogP contribution in [0.4, 0.5) is 9.18 Å². The lowest BCUT2D eigenvalue weighted by Gasteiger charge is -2.44. The number of benzene rings is 2. The lowest BCUT2D eigenvalue weighted by atomic mass is 9.72. The van der Waals surface area contributed by atoms with Gasteiger partial charge in [0, 0.05) is 37.7 Å². The standard InChI is InChI=1S/C30H42FN3O5/c1-4-21-9-5-10-22(17-21)28-25(12-6-13-26(28)31)30(38,14-8-15-33-29(37)39-3)23-11-7-16-34(20-23)27(36)18-24(35)19-32-2/h5-6,9-10,12-13,17,23-24,32,35,38H,4,7-8,11,14-16,18-20H2,1-3H3,(H,33,37)/t23-,24?,30+/m1/s1. The summed E-state index contributed by atoms with van der Waals surface area (Å²) in [4.78, 5) is 26.3. The number of alkyl carbamates (subject to hydrolysis) is 1. The van der Waals surface area contributed by atoms with Crippen LogP contribution in [0.1, 0.15) is 50.2 Å². The number of aliphatic hydroxyl groups is 2. The van der Waals surface area contributed by atoms with Crippen molar-refractivity contribution in [3.05, 3.63) is 59.4 Å². The Balaban J connectivity index is 1.98. The molecule has 9 heteroatoms. The minimum Gasteiger partial charge on any atom is -0.453 e. The van der Waals surface area contributed by atoms with Crippen LogP contribution in [0.3, 0.4) is 0 Å². The number of halogens is 1. The van der Waals surface area contributed by atoms with Crippen molar-refractivity contribution in [1.29, 1.82) is 0 Å². The van der Waals surface area contributed by atoms with E-state index in [2.05, 4.69) is 15.4 Å². The predicted octanol–water partition coefficient (Wildman–Crippen LogP) is 3.59. The quantitative estimate of drug-likeness (QED) is 0.305. The SMILES string of the molecule is CCc1cccc(-c2c(F)cccc2[C@](O)(CCCNC(=O)OC)[C@@H]2CCCN(C(=O)CC(O)CNC)C2)c1. The molecule has 1 heterocycles. The largest absolute Gasteiger partial charge is 0.453 e. The Kier molecular flexibility index (Phi) is 11.3. The fourth-order valence-electron chi connectivity index (χ4n) is 5.54. The third kappa shape index (κ3) is 7.77. The average Bonchev–Trinajstić information content (AvgIpc) is 2.95. The van der Waals surface area contributed by atoms with Crippen LogP contribution >= 0.6 is 0 Å². The van der Waals surface area contributed by atoms with Gasteiger partial charge in [-0.2, -0.15) is 0 Å². The number of hydrogen-bond acceptors (Lipinski definition) is 6. The maximum Gasteiger partial charge on any atom is 0.406 e. The Morgan fingerprint density at radius 2 is 2.03 bits per heavy atom. The smallest absolute Gasteiger partial charge is 0.406 e. The van der Waals surface area contributed by atoms with Crippen molar-refractivity contribution in [2.24, 2.45) is 5.92 Å². The molecule has 0 spiro atoms. The van der Waals surface area contributed by atoms with Crippen molar-refractivity contribution in [3.63, 3.8) is 0 Å². The first-order chi connectivity index (χ1) is 18.7. The second-order valence-corrected chi connectivity index (χ2v) is 10.3. The van der Waals surface area contributed by atoms with E-state index in [1.807, 2.05) is 31.2 Å². The molecule has 3 rings (SSSR count). The minimum atomic E-state index is -1.47. The summed E-state index contributed by atoms with van der Waals surface area (Å²) in [5.41, 5.74) is 1.10. The monoisotopic (exact) mass is 543 g/mol. The maximum absolute atomic E-state index is 15.5. The first kappa shape index (κ1) is 30.5. The van der Waals surface area contributed by atoms with Crippen molar-refractivity contribution in [3.8, 4) is 11.1 Å². The van der Waals surface area contributed by atoms with Gasteiger partial charge in [-0.3, -0.25) is 4.79 Å². The second-order valence-electron chi connectivity index (χ2n) is 10.3. The number of carbonyl (C=O) groups is 2. The number of carbonyl (C=O) groups excluding carboxylic acids is 2. The normalized spacial score (nSPS) is 17.8. The molecule has 0 aliphatic carbocycles. The van der Waals surface area contributed by atoms with E-state index in [0.29, 0.717) is 49.0 Å². The topological polar surface area (TPSA) is 111 Å². The van der Waals surface area contributed by atoms with Gasteiger partial charge in [-0.1, -0.05) is 43.3 Å². The van der Waals surface area contributed by atoms with Gasteiger partial charge in [0.15, 0.2) is 0 Å². The number of aryl methyl sites for hydroxylation is 1. The van der Waals surface area contributed by atoms with Crippen molar-refractivity contribution in [1.82, 2.24) is 15.5 Å². The summed E-state index contributed by atoms with van der Waals surface area (Å²) in [5.74, 6) is -0.970. The molecule has 2 aromatic carbocycles. The van der Waals surface area contributed by atoms with Crippen LogP contribution in [-0.2, 0) is 21.6 Å². The van der Waals surface area contributed by atoms with Crippen LogP contribution in [0, 0.1) is 11.7 Å². The highest BCUT2D eigenvalue weighted by Crippen LogP contribution is 2.44. The van der Waals surface area contributed by atoms with Crippen LogP contribution in [0.25, 0.3) is 11.1 Å². The molecule has 4 N–H and O–H groups in total. The van der Waals surface area contributed by atoms with E-state index in [-0.39, 0.29) is 37.8 Å². The Morgan fingerprint density at radius 1 is 1.26 bits per heavy atom. The molecule has 2 amide bonds. The van der Waals surface area contributed by atoms with Crippen LogP contribution in [-0.4, -0.2) is 73.6 Å². The summed E-state index contributed by atoms with van der Waals surface area (Å²) in [6, 6.07) is 12.4. The molecular weight excluding hydrogens is 501 g/mol. The Hall–Kier alpha value is -3.01. The number of likely N-dealkylation sites (N-methyl/N-ethyl adjacent to an activating group) is 1. The number of nitrogens with zero attached hydrogens (tertiary/aromatic N) is 1. The summed E-state index contributed by atoms with van der Waals surface area (Å²) < 4.78 is 20.2. The fourth-order valence-corrected chi connectivity index (χ4v) is 5.54. The summed E-state index contributed by atoms with van der Waals surface area (Å²) in [7, 11) is 3.00. The molecule has 39 heavy (non-hydrogen) atoms. The highest BCUT2D eigenvalue weighted by Gasteiger charge is 2.43. The van der Waals surface area contributed by atoms with E-state index in [9.17, 15) is 19.8 Å². The highest BCUT2D eigenvalue weighted by molar-refractivity contribution is 5.77. The molecule has 0 bridgehead atoms. The Bertz CT molecular complexity index is 1110. The third-order valence-electron chi connectivity index (χ3n) is 7.59. The van der Waals surface area contributed by atoms with E-state index in [0.717, 1.165) is 12.0 Å². The van der Waals surface area contributed by atoms with Gasteiger partial charge < -0.3 is 30.5 Å². The molecule has 8 nitrogen and oxygen atoms in total. The first-order valence-corrected chi connectivity index (χ1v) is 13.8. The van der Waals surface area contributed by atoms with E-state index < -0.39 is 23.6 Å².